The second-order valence-electron chi connectivity index (χ2n) is 7.07. The molecule has 0 aliphatic carbocycles. The number of rotatable bonds is 7. The molecule has 3 aromatic rings. The SMILES string of the molecule is Cc1nc(-c2ccc3c(c2)CCN3C(=O)COC(=O)CCNC(=O)c2ccsc2)cs1. The molecule has 160 valence electrons. The number of esters is 1. The molecule has 0 unspecified atom stereocenters. The van der Waals surface area contributed by atoms with Crippen molar-refractivity contribution in [3.8, 4) is 11.3 Å². The van der Waals surface area contributed by atoms with Crippen molar-refractivity contribution in [2.75, 3.05) is 24.6 Å². The zero-order valence-corrected chi connectivity index (χ0v) is 18.6. The third-order valence-corrected chi connectivity index (χ3v) is 6.40. The Morgan fingerprint density at radius 2 is 2.10 bits per heavy atom. The van der Waals surface area contributed by atoms with Crippen LogP contribution in [-0.2, 0) is 20.7 Å². The molecule has 0 radical (unpaired) electrons. The van der Waals surface area contributed by atoms with E-state index in [1.807, 2.05) is 29.8 Å². The maximum Gasteiger partial charge on any atom is 0.308 e. The molecule has 7 nitrogen and oxygen atoms in total. The van der Waals surface area contributed by atoms with Gasteiger partial charge in [-0.2, -0.15) is 11.3 Å². The zero-order valence-electron chi connectivity index (χ0n) is 16.9. The van der Waals surface area contributed by atoms with Gasteiger partial charge in [0.1, 0.15) is 0 Å². The summed E-state index contributed by atoms with van der Waals surface area (Å²) < 4.78 is 5.11. The Balaban J connectivity index is 1.26. The van der Waals surface area contributed by atoms with Crippen LogP contribution in [0.5, 0.6) is 0 Å². The fraction of sp³-hybridized carbons (Fsp3) is 0.273. The highest BCUT2D eigenvalue weighted by Gasteiger charge is 2.26. The molecule has 2 aromatic heterocycles. The van der Waals surface area contributed by atoms with Crippen LogP contribution in [0.4, 0.5) is 5.69 Å². The van der Waals surface area contributed by atoms with Crippen molar-refractivity contribution in [1.29, 1.82) is 0 Å². The van der Waals surface area contributed by atoms with Crippen LogP contribution in [0.2, 0.25) is 0 Å². The summed E-state index contributed by atoms with van der Waals surface area (Å²) in [5.41, 5.74) is 4.47. The van der Waals surface area contributed by atoms with E-state index in [-0.39, 0.29) is 31.4 Å². The summed E-state index contributed by atoms with van der Waals surface area (Å²) in [6, 6.07) is 7.66. The number of carbonyl (C=O) groups is 3. The summed E-state index contributed by atoms with van der Waals surface area (Å²) in [4.78, 5) is 42.5. The fourth-order valence-corrected chi connectivity index (χ4v) is 4.64. The van der Waals surface area contributed by atoms with E-state index in [2.05, 4.69) is 16.4 Å². The van der Waals surface area contributed by atoms with Crippen LogP contribution >= 0.6 is 22.7 Å². The van der Waals surface area contributed by atoms with E-state index < -0.39 is 5.97 Å². The van der Waals surface area contributed by atoms with E-state index in [1.54, 1.807) is 27.7 Å². The number of nitrogens with one attached hydrogen (secondary N) is 1. The number of benzene rings is 1. The van der Waals surface area contributed by atoms with Gasteiger partial charge in [0.15, 0.2) is 6.61 Å². The summed E-state index contributed by atoms with van der Waals surface area (Å²) in [6.45, 7) is 2.37. The highest BCUT2D eigenvalue weighted by molar-refractivity contribution is 7.09. The second kappa shape index (κ2) is 9.40. The Morgan fingerprint density at radius 1 is 1.23 bits per heavy atom. The van der Waals surface area contributed by atoms with E-state index in [0.717, 1.165) is 33.9 Å². The first-order valence-electron chi connectivity index (χ1n) is 9.83. The summed E-state index contributed by atoms with van der Waals surface area (Å²) in [6.07, 6.45) is 0.761. The van der Waals surface area contributed by atoms with Gasteiger partial charge in [-0.25, -0.2) is 4.98 Å². The first-order chi connectivity index (χ1) is 15.0. The molecule has 0 saturated carbocycles. The van der Waals surface area contributed by atoms with E-state index in [0.29, 0.717) is 12.1 Å². The number of ether oxygens (including phenoxy) is 1. The van der Waals surface area contributed by atoms with E-state index in [4.69, 9.17) is 4.74 Å². The average molecular weight is 456 g/mol. The van der Waals surface area contributed by atoms with Gasteiger partial charge >= 0.3 is 5.97 Å². The molecule has 0 saturated heterocycles. The lowest BCUT2D eigenvalue weighted by Crippen LogP contribution is -2.33. The number of thiazole rings is 1. The Bertz CT molecular complexity index is 1110. The summed E-state index contributed by atoms with van der Waals surface area (Å²) in [5, 5.41) is 9.25. The third-order valence-electron chi connectivity index (χ3n) is 4.95. The van der Waals surface area contributed by atoms with Crippen molar-refractivity contribution in [1.82, 2.24) is 10.3 Å². The van der Waals surface area contributed by atoms with Crippen molar-refractivity contribution in [2.45, 2.75) is 19.8 Å². The van der Waals surface area contributed by atoms with Gasteiger partial charge in [0.25, 0.3) is 11.8 Å². The quantitative estimate of drug-likeness (QED) is 0.552. The highest BCUT2D eigenvalue weighted by Crippen LogP contribution is 2.32. The molecule has 1 aromatic carbocycles. The molecule has 0 atom stereocenters. The Labute approximate surface area is 187 Å². The lowest BCUT2D eigenvalue weighted by molar-refractivity contribution is -0.147. The molecule has 3 heterocycles. The molecule has 1 aliphatic rings. The monoisotopic (exact) mass is 455 g/mol. The maximum atomic E-state index is 12.6. The predicted molar refractivity (Wildman–Crippen MR) is 121 cm³/mol. The molecule has 0 bridgehead atoms. The van der Waals surface area contributed by atoms with Crippen molar-refractivity contribution in [2.24, 2.45) is 0 Å². The summed E-state index contributed by atoms with van der Waals surface area (Å²) >= 11 is 3.04. The highest BCUT2D eigenvalue weighted by atomic mass is 32.1. The average Bonchev–Trinajstić information content (AvgIpc) is 3.52. The van der Waals surface area contributed by atoms with Gasteiger partial charge in [-0.1, -0.05) is 6.07 Å². The normalized spacial score (nSPS) is 12.5. The van der Waals surface area contributed by atoms with Crippen LogP contribution in [0.25, 0.3) is 11.3 Å². The molecule has 1 N–H and O–H groups in total. The van der Waals surface area contributed by atoms with Crippen LogP contribution in [0.1, 0.15) is 27.3 Å². The molecular weight excluding hydrogens is 434 g/mol. The van der Waals surface area contributed by atoms with E-state index in [1.165, 1.54) is 11.3 Å². The van der Waals surface area contributed by atoms with Crippen molar-refractivity contribution in [3.63, 3.8) is 0 Å². The van der Waals surface area contributed by atoms with Crippen LogP contribution in [-0.4, -0.2) is 42.5 Å². The number of aryl methyl sites for hydroxylation is 1. The summed E-state index contributed by atoms with van der Waals surface area (Å²) in [5.74, 6) is -1.01. The largest absolute Gasteiger partial charge is 0.455 e. The Hall–Kier alpha value is -3.04. The number of carbonyl (C=O) groups excluding carboxylic acids is 3. The minimum Gasteiger partial charge on any atom is -0.455 e. The molecular formula is C22H21N3O4S2. The molecule has 4 rings (SSSR count). The minimum atomic E-state index is -0.521. The van der Waals surface area contributed by atoms with Gasteiger partial charge in [0.2, 0.25) is 0 Å². The molecule has 0 spiro atoms. The number of amides is 2. The Kier molecular flexibility index (Phi) is 6.43. The minimum absolute atomic E-state index is 0.0101. The topological polar surface area (TPSA) is 88.6 Å². The first-order valence-corrected chi connectivity index (χ1v) is 11.7. The number of anilines is 1. The molecule has 31 heavy (non-hydrogen) atoms. The van der Waals surface area contributed by atoms with Crippen molar-refractivity contribution < 1.29 is 19.1 Å². The van der Waals surface area contributed by atoms with E-state index in [9.17, 15) is 14.4 Å². The van der Waals surface area contributed by atoms with Gasteiger partial charge in [0.05, 0.1) is 17.1 Å². The van der Waals surface area contributed by atoms with Gasteiger partial charge in [-0.3, -0.25) is 14.4 Å². The number of thiophene rings is 1. The van der Waals surface area contributed by atoms with E-state index >= 15 is 0 Å². The molecule has 1 aliphatic heterocycles. The maximum absolute atomic E-state index is 12.6. The van der Waals surface area contributed by atoms with Gasteiger partial charge in [-0.05, 0) is 42.5 Å². The third kappa shape index (κ3) is 5.00. The first kappa shape index (κ1) is 21.2. The smallest absolute Gasteiger partial charge is 0.308 e. The number of nitrogens with zero attached hydrogens (tertiary/aromatic N) is 2. The van der Waals surface area contributed by atoms with Crippen LogP contribution in [0.3, 0.4) is 0 Å². The van der Waals surface area contributed by atoms with Gasteiger partial charge in [0, 0.05) is 40.7 Å². The van der Waals surface area contributed by atoms with Crippen LogP contribution < -0.4 is 10.2 Å². The molecule has 0 fully saturated rings. The van der Waals surface area contributed by atoms with Crippen molar-refractivity contribution in [3.05, 3.63) is 56.5 Å². The second-order valence-corrected chi connectivity index (χ2v) is 8.91. The summed E-state index contributed by atoms with van der Waals surface area (Å²) in [7, 11) is 0. The lowest BCUT2D eigenvalue weighted by Gasteiger charge is -2.17. The van der Waals surface area contributed by atoms with Crippen LogP contribution in [0, 0.1) is 6.92 Å². The number of hydrogen-bond acceptors (Lipinski definition) is 7. The zero-order chi connectivity index (χ0) is 21.8. The molecule has 9 heteroatoms. The van der Waals surface area contributed by atoms with Gasteiger partial charge in [-0.15, -0.1) is 11.3 Å². The fourth-order valence-electron chi connectivity index (χ4n) is 3.38. The Morgan fingerprint density at radius 3 is 2.84 bits per heavy atom. The van der Waals surface area contributed by atoms with Crippen molar-refractivity contribution >= 4 is 46.1 Å². The number of aromatic nitrogens is 1. The lowest BCUT2D eigenvalue weighted by atomic mass is 10.1. The standard InChI is InChI=1S/C22H21N3O4S2/c1-14-24-18(13-31-14)15-2-3-19-16(10-15)5-8-25(19)20(26)11-29-21(27)4-7-23-22(28)17-6-9-30-12-17/h2-3,6,9-10,12-13H,4-5,7-8,11H2,1H3,(H,23,28). The van der Waals surface area contributed by atoms with Crippen LogP contribution in [0.15, 0.2) is 40.4 Å². The van der Waals surface area contributed by atoms with Gasteiger partial charge < -0.3 is 15.0 Å². The molecule has 2 amide bonds. The number of hydrogen-bond donors (Lipinski definition) is 1. The number of fused-ring (bicyclic) bond motifs is 1. The predicted octanol–water partition coefficient (Wildman–Crippen LogP) is 3.43.